The minimum absolute atomic E-state index is 0.0139. The number of esters is 1. The third kappa shape index (κ3) is 9.99. The van der Waals surface area contributed by atoms with E-state index in [4.69, 9.17) is 9.47 Å². The number of amides is 3. The number of benzene rings is 1. The molecule has 0 aliphatic heterocycles. The number of carbonyl (C=O) groups is 4. The monoisotopic (exact) mass is 533 g/mol. The molecule has 0 spiro atoms. The maximum Gasteiger partial charge on any atom is 0.408 e. The lowest BCUT2D eigenvalue weighted by Crippen LogP contribution is -2.60. The third-order valence-electron chi connectivity index (χ3n) is 6.16. The SMILES string of the molecule is CCOC(=O)CCNC(=O)C(c1cccc(C)c1)N(C(=O)C(NC(=O)OC(C)(C)C)C(C)C)C(C)(C)CC. The Labute approximate surface area is 228 Å². The van der Waals surface area contributed by atoms with Crippen LogP contribution in [0.3, 0.4) is 0 Å². The maximum absolute atomic E-state index is 14.3. The number of carbonyl (C=O) groups excluding carboxylic acids is 4. The molecule has 2 N–H and O–H groups in total. The second-order valence-corrected chi connectivity index (χ2v) is 11.4. The van der Waals surface area contributed by atoms with Gasteiger partial charge >= 0.3 is 12.1 Å². The van der Waals surface area contributed by atoms with Gasteiger partial charge in [0.1, 0.15) is 17.7 Å². The molecule has 0 saturated carbocycles. The van der Waals surface area contributed by atoms with Crippen molar-refractivity contribution in [3.8, 4) is 0 Å². The first-order valence-corrected chi connectivity index (χ1v) is 13.4. The van der Waals surface area contributed by atoms with Gasteiger partial charge in [-0.05, 0) is 66.4 Å². The van der Waals surface area contributed by atoms with Crippen molar-refractivity contribution in [1.29, 1.82) is 0 Å². The first-order chi connectivity index (χ1) is 17.5. The van der Waals surface area contributed by atoms with Crippen LogP contribution in [0, 0.1) is 12.8 Å². The summed E-state index contributed by atoms with van der Waals surface area (Å²) >= 11 is 0. The molecule has 1 aromatic carbocycles. The fourth-order valence-electron chi connectivity index (χ4n) is 3.92. The Morgan fingerprint density at radius 3 is 2.16 bits per heavy atom. The van der Waals surface area contributed by atoms with E-state index in [2.05, 4.69) is 10.6 Å². The normalized spacial score (nSPS) is 13.3. The number of hydrogen-bond donors (Lipinski definition) is 2. The van der Waals surface area contributed by atoms with Gasteiger partial charge in [-0.15, -0.1) is 0 Å². The van der Waals surface area contributed by atoms with E-state index in [1.807, 2.05) is 59.7 Å². The van der Waals surface area contributed by atoms with Crippen LogP contribution in [-0.4, -0.2) is 59.1 Å². The molecule has 0 aliphatic rings. The first-order valence-electron chi connectivity index (χ1n) is 13.4. The van der Waals surface area contributed by atoms with Crippen LogP contribution in [0.15, 0.2) is 24.3 Å². The minimum atomic E-state index is -0.999. The van der Waals surface area contributed by atoms with Crippen molar-refractivity contribution in [2.24, 2.45) is 5.92 Å². The Balaban J connectivity index is 3.53. The van der Waals surface area contributed by atoms with Gasteiger partial charge in [-0.2, -0.15) is 0 Å². The van der Waals surface area contributed by atoms with Crippen LogP contribution in [0.5, 0.6) is 0 Å². The van der Waals surface area contributed by atoms with E-state index in [0.717, 1.165) is 5.56 Å². The number of ether oxygens (including phenoxy) is 2. The fraction of sp³-hybridized carbons (Fsp3) is 0.655. The molecule has 1 rings (SSSR count). The molecule has 214 valence electrons. The van der Waals surface area contributed by atoms with E-state index in [1.54, 1.807) is 38.7 Å². The van der Waals surface area contributed by atoms with Crippen molar-refractivity contribution in [2.45, 2.75) is 105 Å². The molecule has 0 heterocycles. The van der Waals surface area contributed by atoms with Gasteiger partial charge in [0.05, 0.1) is 13.0 Å². The van der Waals surface area contributed by atoms with E-state index in [0.29, 0.717) is 12.0 Å². The summed E-state index contributed by atoms with van der Waals surface area (Å²) in [6, 6.07) is 5.49. The molecule has 3 amide bonds. The Kier molecular flexibility index (Phi) is 12.3. The lowest BCUT2D eigenvalue weighted by molar-refractivity contribution is -0.150. The number of hydrogen-bond acceptors (Lipinski definition) is 6. The van der Waals surface area contributed by atoms with Crippen molar-refractivity contribution < 1.29 is 28.7 Å². The van der Waals surface area contributed by atoms with Crippen molar-refractivity contribution >= 4 is 23.9 Å². The molecular formula is C29H47N3O6. The van der Waals surface area contributed by atoms with Gasteiger partial charge in [-0.25, -0.2) is 4.79 Å². The van der Waals surface area contributed by atoms with Crippen LogP contribution >= 0.6 is 0 Å². The molecule has 2 atom stereocenters. The second-order valence-electron chi connectivity index (χ2n) is 11.4. The average molecular weight is 534 g/mol. The van der Waals surface area contributed by atoms with Crippen LogP contribution in [0.2, 0.25) is 0 Å². The molecule has 0 bridgehead atoms. The highest BCUT2D eigenvalue weighted by Crippen LogP contribution is 2.33. The van der Waals surface area contributed by atoms with Gasteiger partial charge in [-0.3, -0.25) is 14.4 Å². The maximum atomic E-state index is 14.3. The summed E-state index contributed by atoms with van der Waals surface area (Å²) in [6.07, 6.45) is -0.140. The molecule has 0 aliphatic carbocycles. The summed E-state index contributed by atoms with van der Waals surface area (Å²) in [6.45, 7) is 18.6. The predicted molar refractivity (Wildman–Crippen MR) is 147 cm³/mol. The smallest absolute Gasteiger partial charge is 0.408 e. The summed E-state index contributed by atoms with van der Waals surface area (Å²) in [5.41, 5.74) is 0.0706. The number of nitrogens with one attached hydrogen (secondary N) is 2. The molecule has 9 nitrogen and oxygen atoms in total. The standard InChI is InChI=1S/C29H47N3O6/c1-11-29(9,10)32(26(35)23(19(3)4)31-27(36)38-28(6,7)8)24(21-15-13-14-20(5)18-21)25(34)30-17-16-22(33)37-12-2/h13-15,18-19,23-24H,11-12,16-17H2,1-10H3,(H,30,34)(H,31,36). The van der Waals surface area contributed by atoms with Crippen LogP contribution in [-0.2, 0) is 23.9 Å². The number of rotatable bonds is 12. The van der Waals surface area contributed by atoms with Gasteiger partial charge in [0.15, 0.2) is 0 Å². The van der Waals surface area contributed by atoms with E-state index >= 15 is 0 Å². The molecule has 0 fully saturated rings. The predicted octanol–water partition coefficient (Wildman–Crippen LogP) is 4.67. The highest BCUT2D eigenvalue weighted by atomic mass is 16.6. The average Bonchev–Trinajstić information content (AvgIpc) is 2.79. The molecule has 0 aromatic heterocycles. The molecule has 0 radical (unpaired) electrons. The Morgan fingerprint density at radius 1 is 1.03 bits per heavy atom. The van der Waals surface area contributed by atoms with Crippen molar-refractivity contribution in [3.63, 3.8) is 0 Å². The summed E-state index contributed by atoms with van der Waals surface area (Å²) in [4.78, 5) is 54.1. The topological polar surface area (TPSA) is 114 Å². The summed E-state index contributed by atoms with van der Waals surface area (Å²) < 4.78 is 10.4. The molecular weight excluding hydrogens is 486 g/mol. The zero-order valence-corrected chi connectivity index (χ0v) is 24.8. The van der Waals surface area contributed by atoms with E-state index in [9.17, 15) is 19.2 Å². The number of aryl methyl sites for hydroxylation is 1. The third-order valence-corrected chi connectivity index (χ3v) is 6.16. The minimum Gasteiger partial charge on any atom is -0.466 e. The van der Waals surface area contributed by atoms with Gasteiger partial charge in [0.25, 0.3) is 0 Å². The zero-order valence-electron chi connectivity index (χ0n) is 24.8. The summed E-state index contributed by atoms with van der Waals surface area (Å²) in [5, 5.41) is 5.55. The number of alkyl carbamates (subject to hydrolysis) is 1. The van der Waals surface area contributed by atoms with Crippen molar-refractivity contribution in [1.82, 2.24) is 15.5 Å². The first kappa shape index (κ1) is 32.9. The lowest BCUT2D eigenvalue weighted by atomic mass is 9.90. The van der Waals surface area contributed by atoms with E-state index in [-0.39, 0.29) is 25.5 Å². The number of nitrogens with zero attached hydrogens (tertiary/aromatic N) is 1. The molecule has 0 saturated heterocycles. The highest BCUT2D eigenvalue weighted by molar-refractivity contribution is 5.93. The van der Waals surface area contributed by atoms with Crippen molar-refractivity contribution in [3.05, 3.63) is 35.4 Å². The summed E-state index contributed by atoms with van der Waals surface area (Å²) in [7, 11) is 0. The highest BCUT2D eigenvalue weighted by Gasteiger charge is 2.43. The summed E-state index contributed by atoms with van der Waals surface area (Å²) in [5.74, 6) is -1.52. The molecule has 38 heavy (non-hydrogen) atoms. The van der Waals surface area contributed by atoms with E-state index in [1.165, 1.54) is 0 Å². The fourth-order valence-corrected chi connectivity index (χ4v) is 3.92. The lowest BCUT2D eigenvalue weighted by Gasteiger charge is -2.45. The Bertz CT molecular complexity index is 967. The second kappa shape index (κ2) is 14.2. The van der Waals surface area contributed by atoms with Crippen LogP contribution in [0.4, 0.5) is 4.79 Å². The van der Waals surface area contributed by atoms with Gasteiger partial charge in [-0.1, -0.05) is 50.6 Å². The molecule has 2 unspecified atom stereocenters. The Hall–Kier alpha value is -3.10. The van der Waals surface area contributed by atoms with Crippen LogP contribution in [0.25, 0.3) is 0 Å². The van der Waals surface area contributed by atoms with Crippen molar-refractivity contribution in [2.75, 3.05) is 13.2 Å². The van der Waals surface area contributed by atoms with Gasteiger partial charge < -0.3 is 25.0 Å². The zero-order chi connectivity index (χ0) is 29.3. The Morgan fingerprint density at radius 2 is 1.66 bits per heavy atom. The quantitative estimate of drug-likeness (QED) is 0.378. The van der Waals surface area contributed by atoms with Gasteiger partial charge in [0, 0.05) is 12.1 Å². The van der Waals surface area contributed by atoms with Crippen LogP contribution in [0.1, 0.15) is 92.3 Å². The molecule has 9 heteroatoms. The van der Waals surface area contributed by atoms with Gasteiger partial charge in [0.2, 0.25) is 11.8 Å². The van der Waals surface area contributed by atoms with E-state index < -0.39 is 47.1 Å². The largest absolute Gasteiger partial charge is 0.466 e. The van der Waals surface area contributed by atoms with Crippen LogP contribution < -0.4 is 10.6 Å². The molecule has 1 aromatic rings.